The van der Waals surface area contributed by atoms with Crippen LogP contribution in [0, 0.1) is 0 Å². The number of aromatic nitrogens is 2. The van der Waals surface area contributed by atoms with E-state index >= 15 is 0 Å². The third-order valence-electron chi connectivity index (χ3n) is 3.74. The van der Waals surface area contributed by atoms with Gasteiger partial charge >= 0.3 is 0 Å². The molecule has 0 aliphatic heterocycles. The van der Waals surface area contributed by atoms with Gasteiger partial charge in [-0.3, -0.25) is 4.79 Å². The van der Waals surface area contributed by atoms with Crippen molar-refractivity contribution in [3.8, 4) is 0 Å². The van der Waals surface area contributed by atoms with E-state index in [0.717, 1.165) is 16.2 Å². The van der Waals surface area contributed by atoms with Crippen molar-refractivity contribution >= 4 is 32.9 Å². The molecule has 0 saturated heterocycles. The number of Topliss-reactive ketones (excluding diaryl/α,β-unsaturated/α-hetero) is 1. The number of hydrogen-bond donors (Lipinski definition) is 0. The summed E-state index contributed by atoms with van der Waals surface area (Å²) in [4.78, 5) is 17.8. The second-order valence-corrected chi connectivity index (χ2v) is 6.48. The van der Waals surface area contributed by atoms with Crippen molar-refractivity contribution in [1.29, 1.82) is 0 Å². The summed E-state index contributed by atoms with van der Waals surface area (Å²) in [5, 5.41) is 1.21. The monoisotopic (exact) mass is 306 g/mol. The Hall–Kier alpha value is -2.46. The van der Waals surface area contributed by atoms with E-state index in [4.69, 9.17) is 0 Å². The van der Waals surface area contributed by atoms with E-state index in [2.05, 4.69) is 23.2 Å². The lowest BCUT2D eigenvalue weighted by Crippen LogP contribution is -2.08. The second-order valence-electron chi connectivity index (χ2n) is 5.32. The fourth-order valence-electron chi connectivity index (χ4n) is 2.73. The number of thiophene rings is 1. The van der Waals surface area contributed by atoms with Crippen molar-refractivity contribution in [3.63, 3.8) is 0 Å². The quantitative estimate of drug-likeness (QED) is 0.573. The molecule has 0 bridgehead atoms. The zero-order valence-corrected chi connectivity index (χ0v) is 12.7. The molecule has 3 aromatic heterocycles. The first-order valence-corrected chi connectivity index (χ1v) is 8.01. The van der Waals surface area contributed by atoms with Crippen LogP contribution in [0.1, 0.15) is 10.6 Å². The Kier molecular flexibility index (Phi) is 3.24. The Balaban J connectivity index is 1.56. The van der Waals surface area contributed by atoms with Gasteiger partial charge in [0, 0.05) is 40.5 Å². The van der Waals surface area contributed by atoms with Crippen molar-refractivity contribution in [3.05, 3.63) is 71.5 Å². The van der Waals surface area contributed by atoms with E-state index in [1.165, 1.54) is 10.1 Å². The molecule has 0 unspecified atom stereocenters. The third-order valence-corrected chi connectivity index (χ3v) is 4.86. The molecule has 3 nitrogen and oxygen atoms in total. The van der Waals surface area contributed by atoms with Gasteiger partial charge in [0.25, 0.3) is 0 Å². The van der Waals surface area contributed by atoms with E-state index in [9.17, 15) is 4.79 Å². The molecule has 0 atom stereocenters. The molecule has 1 aromatic carbocycles. The Morgan fingerprint density at radius 1 is 1.09 bits per heavy atom. The van der Waals surface area contributed by atoms with Gasteiger partial charge in [0.15, 0.2) is 0 Å². The summed E-state index contributed by atoms with van der Waals surface area (Å²) in [6, 6.07) is 16.2. The van der Waals surface area contributed by atoms with Crippen LogP contribution >= 0.6 is 11.3 Å². The number of imidazole rings is 1. The largest absolute Gasteiger partial charge is 0.304 e. The predicted molar refractivity (Wildman–Crippen MR) is 89.4 cm³/mol. The fraction of sp³-hybridized carbons (Fsp3) is 0.111. The van der Waals surface area contributed by atoms with E-state index in [0.29, 0.717) is 12.8 Å². The number of carbonyl (C=O) groups is 1. The molecule has 4 heteroatoms. The van der Waals surface area contributed by atoms with Gasteiger partial charge in [-0.05, 0) is 29.7 Å². The summed E-state index contributed by atoms with van der Waals surface area (Å²) in [6.45, 7) is 0. The molecule has 0 fully saturated rings. The van der Waals surface area contributed by atoms with Gasteiger partial charge in [-0.2, -0.15) is 0 Å². The highest BCUT2D eigenvalue weighted by molar-refractivity contribution is 7.19. The number of carbonyl (C=O) groups excluding carboxylic acids is 1. The summed E-state index contributed by atoms with van der Waals surface area (Å²) in [5.74, 6) is 0.229. The number of benzene rings is 1. The number of pyridine rings is 1. The maximum atomic E-state index is 12.4. The normalized spacial score (nSPS) is 11.3. The first kappa shape index (κ1) is 13.2. The lowest BCUT2D eigenvalue weighted by atomic mass is 10.1. The molecule has 108 valence electrons. The minimum Gasteiger partial charge on any atom is -0.304 e. The molecule has 0 aliphatic carbocycles. The lowest BCUT2D eigenvalue weighted by molar-refractivity contribution is -0.117. The molecule has 4 aromatic rings. The minimum absolute atomic E-state index is 0.229. The average molecular weight is 306 g/mol. The van der Waals surface area contributed by atoms with Crippen LogP contribution in [-0.2, 0) is 17.6 Å². The highest BCUT2D eigenvalue weighted by atomic mass is 32.1. The van der Waals surface area contributed by atoms with E-state index < -0.39 is 0 Å². The van der Waals surface area contributed by atoms with Crippen LogP contribution < -0.4 is 0 Å². The molecule has 0 radical (unpaired) electrons. The molecule has 22 heavy (non-hydrogen) atoms. The highest BCUT2D eigenvalue weighted by Crippen LogP contribution is 2.25. The summed E-state index contributed by atoms with van der Waals surface area (Å²) in [6.07, 6.45) is 4.58. The summed E-state index contributed by atoms with van der Waals surface area (Å²) < 4.78 is 3.21. The fourth-order valence-corrected chi connectivity index (χ4v) is 3.83. The maximum absolute atomic E-state index is 12.4. The molecular weight excluding hydrogens is 292 g/mol. The van der Waals surface area contributed by atoms with Crippen LogP contribution in [0.4, 0.5) is 0 Å². The van der Waals surface area contributed by atoms with Gasteiger partial charge in [0.05, 0.1) is 0 Å². The van der Waals surface area contributed by atoms with Crippen molar-refractivity contribution in [2.75, 3.05) is 0 Å². The van der Waals surface area contributed by atoms with Gasteiger partial charge in [-0.1, -0.05) is 24.3 Å². The molecule has 0 spiro atoms. The molecular formula is C18H14N2OS. The number of nitrogens with zero attached hydrogens (tertiary/aromatic N) is 2. The molecule has 3 heterocycles. The van der Waals surface area contributed by atoms with Gasteiger partial charge in [-0.15, -0.1) is 11.3 Å². The molecule has 0 amide bonds. The van der Waals surface area contributed by atoms with Gasteiger partial charge in [-0.25, -0.2) is 4.98 Å². The predicted octanol–water partition coefficient (Wildman–Crippen LogP) is 3.90. The number of hydrogen-bond acceptors (Lipinski definition) is 3. The molecule has 0 aliphatic rings. The van der Waals surface area contributed by atoms with Crippen molar-refractivity contribution < 1.29 is 4.79 Å². The Bertz CT molecular complexity index is 934. The van der Waals surface area contributed by atoms with E-state index in [-0.39, 0.29) is 5.78 Å². The van der Waals surface area contributed by atoms with Crippen molar-refractivity contribution in [2.24, 2.45) is 0 Å². The Labute approximate surface area is 131 Å². The van der Waals surface area contributed by atoms with Crippen LogP contribution in [0.3, 0.4) is 0 Å². The molecule has 0 saturated carbocycles. The minimum atomic E-state index is 0.229. The van der Waals surface area contributed by atoms with Crippen LogP contribution in [0.2, 0.25) is 0 Å². The maximum Gasteiger partial charge on any atom is 0.143 e. The first-order chi connectivity index (χ1) is 10.8. The van der Waals surface area contributed by atoms with Gasteiger partial charge in [0.1, 0.15) is 11.4 Å². The van der Waals surface area contributed by atoms with E-state index in [1.54, 1.807) is 17.5 Å². The average Bonchev–Trinajstić information content (AvgIpc) is 3.12. The summed E-state index contributed by atoms with van der Waals surface area (Å²) in [7, 11) is 0. The highest BCUT2D eigenvalue weighted by Gasteiger charge is 2.10. The lowest BCUT2D eigenvalue weighted by Gasteiger charge is -2.04. The number of ketones is 1. The van der Waals surface area contributed by atoms with E-state index in [1.807, 2.05) is 40.9 Å². The first-order valence-electron chi connectivity index (χ1n) is 7.20. The summed E-state index contributed by atoms with van der Waals surface area (Å²) in [5.41, 5.74) is 1.87. The molecule has 0 N–H and O–H groups in total. The van der Waals surface area contributed by atoms with Gasteiger partial charge in [0.2, 0.25) is 0 Å². The van der Waals surface area contributed by atoms with Crippen LogP contribution in [0.5, 0.6) is 0 Å². The Morgan fingerprint density at radius 3 is 2.91 bits per heavy atom. The smallest absolute Gasteiger partial charge is 0.143 e. The third kappa shape index (κ3) is 2.42. The second kappa shape index (κ2) is 5.39. The number of rotatable bonds is 4. The summed E-state index contributed by atoms with van der Waals surface area (Å²) >= 11 is 1.70. The van der Waals surface area contributed by atoms with Crippen molar-refractivity contribution in [1.82, 2.24) is 9.38 Å². The zero-order chi connectivity index (χ0) is 14.9. The zero-order valence-electron chi connectivity index (χ0n) is 11.9. The Morgan fingerprint density at radius 2 is 2.00 bits per heavy atom. The number of fused-ring (bicyclic) bond motifs is 2. The topological polar surface area (TPSA) is 34.4 Å². The van der Waals surface area contributed by atoms with Crippen molar-refractivity contribution in [2.45, 2.75) is 12.8 Å². The van der Waals surface area contributed by atoms with Crippen LogP contribution in [0.25, 0.3) is 15.7 Å². The SMILES string of the molecule is O=C(Cc1cc2ccccc2s1)Cc1cccc2nccn12. The van der Waals surface area contributed by atoms with Crippen LogP contribution in [0.15, 0.2) is 60.9 Å². The van der Waals surface area contributed by atoms with Gasteiger partial charge < -0.3 is 4.40 Å². The standard InChI is InChI=1S/C18H14N2OS/c21-15(11-14-5-3-7-18-19-8-9-20(14)18)12-16-10-13-4-1-2-6-17(13)22-16/h1-10H,11-12H2. The van der Waals surface area contributed by atoms with Crippen LogP contribution in [-0.4, -0.2) is 15.2 Å². The molecule has 4 rings (SSSR count).